The standard InChI is InChI=1S/C21H35N3O3S/c1-16-7-11-23(12-8-16)10-6-9-22-21(25)19(4)24(28(5,26)27)20-14-17(2)13-18(3)15-20/h13-16,19H,6-12H2,1-5H3,(H,22,25)/t19-/m0/s1. The van der Waals surface area contributed by atoms with Gasteiger partial charge >= 0.3 is 0 Å². The Hall–Kier alpha value is -1.60. The van der Waals surface area contributed by atoms with Gasteiger partial charge in [0.2, 0.25) is 15.9 Å². The van der Waals surface area contributed by atoms with E-state index in [1.54, 1.807) is 19.1 Å². The number of piperidine rings is 1. The molecule has 1 fully saturated rings. The molecule has 0 aromatic heterocycles. The van der Waals surface area contributed by atoms with E-state index < -0.39 is 16.1 Å². The summed E-state index contributed by atoms with van der Waals surface area (Å²) >= 11 is 0. The van der Waals surface area contributed by atoms with Gasteiger partial charge in [0.05, 0.1) is 11.9 Å². The van der Waals surface area contributed by atoms with Gasteiger partial charge in [0.1, 0.15) is 6.04 Å². The Bertz CT molecular complexity index is 751. The van der Waals surface area contributed by atoms with Crippen LogP contribution in [0.2, 0.25) is 0 Å². The lowest BCUT2D eigenvalue weighted by Crippen LogP contribution is -2.48. The van der Waals surface area contributed by atoms with Crippen LogP contribution in [0.25, 0.3) is 0 Å². The molecule has 1 aliphatic heterocycles. The van der Waals surface area contributed by atoms with E-state index in [2.05, 4.69) is 17.1 Å². The van der Waals surface area contributed by atoms with Crippen LogP contribution in [0.3, 0.4) is 0 Å². The van der Waals surface area contributed by atoms with Crippen molar-refractivity contribution in [3.8, 4) is 0 Å². The molecule has 1 saturated heterocycles. The number of hydrogen-bond donors (Lipinski definition) is 1. The Morgan fingerprint density at radius 3 is 2.32 bits per heavy atom. The molecule has 1 atom stereocenters. The minimum Gasteiger partial charge on any atom is -0.354 e. The van der Waals surface area contributed by atoms with E-state index in [0.29, 0.717) is 12.2 Å². The van der Waals surface area contributed by atoms with Crippen molar-refractivity contribution in [2.24, 2.45) is 5.92 Å². The SMILES string of the molecule is Cc1cc(C)cc(N([C@@H](C)C(=O)NCCCN2CCC(C)CC2)S(C)(=O)=O)c1. The molecule has 0 spiro atoms. The van der Waals surface area contributed by atoms with Gasteiger partial charge < -0.3 is 10.2 Å². The maximum Gasteiger partial charge on any atom is 0.243 e. The van der Waals surface area contributed by atoms with Crippen LogP contribution in [-0.2, 0) is 14.8 Å². The van der Waals surface area contributed by atoms with Crippen molar-refractivity contribution in [3.05, 3.63) is 29.3 Å². The van der Waals surface area contributed by atoms with Crippen LogP contribution in [0.4, 0.5) is 5.69 Å². The van der Waals surface area contributed by atoms with Gasteiger partial charge in [0, 0.05) is 6.54 Å². The molecular weight excluding hydrogens is 374 g/mol. The maximum atomic E-state index is 12.6. The second kappa shape index (κ2) is 9.74. The van der Waals surface area contributed by atoms with E-state index in [0.717, 1.165) is 49.4 Å². The summed E-state index contributed by atoms with van der Waals surface area (Å²) in [5, 5.41) is 2.91. The molecule has 7 heteroatoms. The summed E-state index contributed by atoms with van der Waals surface area (Å²) in [5.41, 5.74) is 2.46. The zero-order valence-corrected chi connectivity index (χ0v) is 18.7. The molecule has 1 aromatic rings. The van der Waals surface area contributed by atoms with Gasteiger partial charge in [0.25, 0.3) is 0 Å². The summed E-state index contributed by atoms with van der Waals surface area (Å²) < 4.78 is 26.0. The summed E-state index contributed by atoms with van der Waals surface area (Å²) in [6.45, 7) is 11.5. The number of carbonyl (C=O) groups is 1. The Morgan fingerprint density at radius 2 is 1.79 bits per heavy atom. The normalized spacial score (nSPS) is 17.3. The quantitative estimate of drug-likeness (QED) is 0.670. The van der Waals surface area contributed by atoms with Crippen molar-refractivity contribution in [1.29, 1.82) is 0 Å². The van der Waals surface area contributed by atoms with E-state index in [-0.39, 0.29) is 5.91 Å². The number of sulfonamides is 1. The number of likely N-dealkylation sites (tertiary alicyclic amines) is 1. The van der Waals surface area contributed by atoms with Crippen molar-refractivity contribution < 1.29 is 13.2 Å². The second-order valence-corrected chi connectivity index (χ2v) is 10.1. The van der Waals surface area contributed by atoms with Gasteiger partial charge in [-0.3, -0.25) is 9.10 Å². The van der Waals surface area contributed by atoms with Gasteiger partial charge in [-0.2, -0.15) is 0 Å². The molecule has 28 heavy (non-hydrogen) atoms. The average molecular weight is 410 g/mol. The molecule has 1 aromatic carbocycles. The fourth-order valence-corrected chi connectivity index (χ4v) is 4.99. The fourth-order valence-electron chi connectivity index (χ4n) is 3.83. The summed E-state index contributed by atoms with van der Waals surface area (Å²) in [6.07, 6.45) is 4.49. The molecule has 6 nitrogen and oxygen atoms in total. The summed E-state index contributed by atoms with van der Waals surface area (Å²) in [6, 6.07) is 4.78. The van der Waals surface area contributed by atoms with E-state index in [9.17, 15) is 13.2 Å². The lowest BCUT2D eigenvalue weighted by atomic mass is 9.99. The van der Waals surface area contributed by atoms with Crippen molar-refractivity contribution in [2.45, 2.75) is 53.0 Å². The van der Waals surface area contributed by atoms with Crippen molar-refractivity contribution >= 4 is 21.6 Å². The monoisotopic (exact) mass is 409 g/mol. The molecule has 0 radical (unpaired) electrons. The minimum atomic E-state index is -3.58. The largest absolute Gasteiger partial charge is 0.354 e. The first kappa shape index (κ1) is 22.7. The predicted molar refractivity (Wildman–Crippen MR) is 115 cm³/mol. The van der Waals surface area contributed by atoms with E-state index in [1.807, 2.05) is 19.9 Å². The Balaban J connectivity index is 1.94. The number of amides is 1. The molecule has 0 saturated carbocycles. The fraction of sp³-hybridized carbons (Fsp3) is 0.667. The highest BCUT2D eigenvalue weighted by atomic mass is 32.2. The zero-order chi connectivity index (χ0) is 20.9. The number of carbonyl (C=O) groups excluding carboxylic acids is 1. The number of hydrogen-bond acceptors (Lipinski definition) is 4. The summed E-state index contributed by atoms with van der Waals surface area (Å²) in [5.74, 6) is 0.542. The number of benzene rings is 1. The highest BCUT2D eigenvalue weighted by Crippen LogP contribution is 2.24. The number of nitrogens with zero attached hydrogens (tertiary/aromatic N) is 2. The first-order valence-corrected chi connectivity index (χ1v) is 12.0. The lowest BCUT2D eigenvalue weighted by Gasteiger charge is -2.30. The van der Waals surface area contributed by atoms with E-state index >= 15 is 0 Å². The molecule has 158 valence electrons. The number of aryl methyl sites for hydroxylation is 2. The second-order valence-electron chi connectivity index (χ2n) is 8.25. The molecule has 0 aliphatic carbocycles. The molecule has 1 N–H and O–H groups in total. The van der Waals surface area contributed by atoms with Crippen molar-refractivity contribution in [1.82, 2.24) is 10.2 Å². The van der Waals surface area contributed by atoms with E-state index in [4.69, 9.17) is 0 Å². The Kier molecular flexibility index (Phi) is 7.89. The molecule has 1 heterocycles. The molecule has 2 rings (SSSR count). The smallest absolute Gasteiger partial charge is 0.243 e. The van der Waals surface area contributed by atoms with Crippen molar-refractivity contribution in [3.63, 3.8) is 0 Å². The number of rotatable bonds is 8. The van der Waals surface area contributed by atoms with Crippen molar-refractivity contribution in [2.75, 3.05) is 36.7 Å². The van der Waals surface area contributed by atoms with Crippen LogP contribution < -0.4 is 9.62 Å². The van der Waals surface area contributed by atoms with Gasteiger partial charge in [-0.25, -0.2) is 8.42 Å². The Labute approximate surface area is 170 Å². The third-order valence-electron chi connectivity index (χ3n) is 5.38. The first-order chi connectivity index (χ1) is 13.1. The maximum absolute atomic E-state index is 12.6. The molecule has 1 amide bonds. The van der Waals surface area contributed by atoms with Crippen LogP contribution in [0.5, 0.6) is 0 Å². The molecular formula is C21H35N3O3S. The van der Waals surface area contributed by atoms with Crippen LogP contribution in [0.15, 0.2) is 18.2 Å². The van der Waals surface area contributed by atoms with Gasteiger partial charge in [0.15, 0.2) is 0 Å². The topological polar surface area (TPSA) is 69.7 Å². The van der Waals surface area contributed by atoms with E-state index in [1.165, 1.54) is 17.1 Å². The highest BCUT2D eigenvalue weighted by molar-refractivity contribution is 7.92. The van der Waals surface area contributed by atoms with Gasteiger partial charge in [-0.05, 0) is 88.8 Å². The van der Waals surface area contributed by atoms with Gasteiger partial charge in [-0.15, -0.1) is 0 Å². The van der Waals surface area contributed by atoms with Crippen LogP contribution in [-0.4, -0.2) is 57.7 Å². The van der Waals surface area contributed by atoms with Crippen LogP contribution in [0, 0.1) is 19.8 Å². The molecule has 0 bridgehead atoms. The van der Waals surface area contributed by atoms with Gasteiger partial charge in [-0.1, -0.05) is 13.0 Å². The third-order valence-corrected chi connectivity index (χ3v) is 6.62. The first-order valence-electron chi connectivity index (χ1n) is 10.2. The summed E-state index contributed by atoms with van der Waals surface area (Å²) in [4.78, 5) is 15.1. The minimum absolute atomic E-state index is 0.267. The molecule has 0 unspecified atom stereocenters. The summed E-state index contributed by atoms with van der Waals surface area (Å²) in [7, 11) is -3.58. The predicted octanol–water partition coefficient (Wildman–Crippen LogP) is 2.70. The number of anilines is 1. The lowest BCUT2D eigenvalue weighted by molar-refractivity contribution is -0.121. The average Bonchev–Trinajstić information content (AvgIpc) is 2.58. The highest BCUT2D eigenvalue weighted by Gasteiger charge is 2.29. The zero-order valence-electron chi connectivity index (χ0n) is 17.9. The Morgan fingerprint density at radius 1 is 1.21 bits per heavy atom. The third kappa shape index (κ3) is 6.48. The van der Waals surface area contributed by atoms with Crippen LogP contribution in [0.1, 0.15) is 44.2 Å². The molecule has 1 aliphatic rings. The number of nitrogens with one attached hydrogen (secondary N) is 1. The van der Waals surface area contributed by atoms with Crippen LogP contribution >= 0.6 is 0 Å².